The summed E-state index contributed by atoms with van der Waals surface area (Å²) in [5.41, 5.74) is 6.16. The number of thiazole rings is 1. The number of rotatable bonds is 3. The minimum atomic E-state index is -0.533. The molecule has 1 aromatic carbocycles. The first kappa shape index (κ1) is 12.8. The molecule has 9 heteroatoms. The van der Waals surface area contributed by atoms with Gasteiger partial charge in [-0.3, -0.25) is 10.1 Å². The minimum Gasteiger partial charge on any atom is -0.368 e. The summed E-state index contributed by atoms with van der Waals surface area (Å²) < 4.78 is 1.69. The van der Waals surface area contributed by atoms with E-state index >= 15 is 0 Å². The predicted octanol–water partition coefficient (Wildman–Crippen LogP) is 2.73. The quantitative estimate of drug-likeness (QED) is 0.450. The number of para-hydroxylation sites is 1. The Morgan fingerprint density at radius 3 is 2.85 bits per heavy atom. The van der Waals surface area contributed by atoms with Gasteiger partial charge in [0.15, 0.2) is 9.37 Å². The lowest BCUT2D eigenvalue weighted by Gasteiger charge is -1.99. The number of nitro groups is 1. The van der Waals surface area contributed by atoms with Crippen molar-refractivity contribution in [1.29, 1.82) is 0 Å². The lowest BCUT2D eigenvalue weighted by atomic mass is 10.3. The summed E-state index contributed by atoms with van der Waals surface area (Å²) in [6.45, 7) is 0. The van der Waals surface area contributed by atoms with Gasteiger partial charge in [0.2, 0.25) is 5.95 Å². The molecule has 3 aromatic rings. The molecule has 100 valence electrons. The molecule has 0 aliphatic heterocycles. The molecule has 0 fully saturated rings. The van der Waals surface area contributed by atoms with Crippen LogP contribution >= 0.6 is 23.1 Å². The highest BCUT2D eigenvalue weighted by molar-refractivity contribution is 8.01. The van der Waals surface area contributed by atoms with E-state index in [2.05, 4.69) is 15.0 Å². The number of hydrogen-bond donors (Lipinski definition) is 1. The fourth-order valence-corrected chi connectivity index (χ4v) is 3.60. The Kier molecular flexibility index (Phi) is 3.20. The van der Waals surface area contributed by atoms with Crippen molar-refractivity contribution in [3.63, 3.8) is 0 Å². The van der Waals surface area contributed by atoms with Gasteiger partial charge >= 0.3 is 5.69 Å². The molecule has 2 heterocycles. The van der Waals surface area contributed by atoms with E-state index in [9.17, 15) is 10.1 Å². The van der Waals surface area contributed by atoms with Crippen LogP contribution in [0.2, 0.25) is 0 Å². The van der Waals surface area contributed by atoms with Gasteiger partial charge in [0.05, 0.1) is 15.1 Å². The number of nitrogens with two attached hydrogens (primary N) is 1. The molecular formula is C11H7N5O2S2. The van der Waals surface area contributed by atoms with Gasteiger partial charge in [-0.1, -0.05) is 12.1 Å². The van der Waals surface area contributed by atoms with Gasteiger partial charge in [-0.25, -0.2) is 9.97 Å². The van der Waals surface area contributed by atoms with Crippen molar-refractivity contribution in [2.24, 2.45) is 0 Å². The average molecular weight is 305 g/mol. The highest BCUT2D eigenvalue weighted by Gasteiger charge is 2.19. The minimum absolute atomic E-state index is 0.000730. The molecule has 0 spiro atoms. The smallest absolute Gasteiger partial charge is 0.320 e. The van der Waals surface area contributed by atoms with E-state index in [-0.39, 0.29) is 16.7 Å². The van der Waals surface area contributed by atoms with E-state index in [1.165, 1.54) is 11.3 Å². The van der Waals surface area contributed by atoms with Gasteiger partial charge in [-0.2, -0.15) is 4.98 Å². The highest BCUT2D eigenvalue weighted by Crippen LogP contribution is 2.37. The Balaban J connectivity index is 2.01. The fraction of sp³-hybridized carbons (Fsp3) is 0. The van der Waals surface area contributed by atoms with Crippen LogP contribution in [0.15, 0.2) is 39.8 Å². The van der Waals surface area contributed by atoms with Crippen molar-refractivity contribution < 1.29 is 4.92 Å². The topological polar surface area (TPSA) is 108 Å². The summed E-state index contributed by atoms with van der Waals surface area (Å²) in [4.78, 5) is 22.4. The zero-order chi connectivity index (χ0) is 14.1. The van der Waals surface area contributed by atoms with Crippen LogP contribution in [-0.2, 0) is 0 Å². The van der Waals surface area contributed by atoms with Crippen molar-refractivity contribution in [1.82, 2.24) is 15.0 Å². The Labute approximate surface area is 121 Å². The van der Waals surface area contributed by atoms with Crippen molar-refractivity contribution >= 4 is 45.0 Å². The van der Waals surface area contributed by atoms with Crippen LogP contribution in [0.25, 0.3) is 10.2 Å². The van der Waals surface area contributed by atoms with Crippen LogP contribution in [0.3, 0.4) is 0 Å². The zero-order valence-electron chi connectivity index (χ0n) is 9.89. The second-order valence-corrected chi connectivity index (χ2v) is 5.99. The summed E-state index contributed by atoms with van der Waals surface area (Å²) in [6.07, 6.45) is 1.11. The summed E-state index contributed by atoms with van der Waals surface area (Å²) in [6, 6.07) is 7.64. The molecule has 0 aliphatic rings. The van der Waals surface area contributed by atoms with Crippen LogP contribution < -0.4 is 5.73 Å². The Bertz CT molecular complexity index is 771. The van der Waals surface area contributed by atoms with Crippen molar-refractivity contribution in [2.45, 2.75) is 9.37 Å². The molecule has 0 atom stereocenters. The maximum Gasteiger partial charge on any atom is 0.320 e. The first-order valence-corrected chi connectivity index (χ1v) is 7.07. The molecule has 2 N–H and O–H groups in total. The molecule has 0 saturated heterocycles. The monoisotopic (exact) mass is 305 g/mol. The fourth-order valence-electron chi connectivity index (χ4n) is 1.55. The third kappa shape index (κ3) is 2.40. The number of nitrogens with zero attached hydrogens (tertiary/aromatic N) is 4. The first-order valence-electron chi connectivity index (χ1n) is 5.44. The van der Waals surface area contributed by atoms with E-state index in [1.54, 1.807) is 0 Å². The zero-order valence-corrected chi connectivity index (χ0v) is 11.5. The van der Waals surface area contributed by atoms with Crippen molar-refractivity contribution in [2.75, 3.05) is 5.73 Å². The predicted molar refractivity (Wildman–Crippen MR) is 76.8 cm³/mol. The largest absolute Gasteiger partial charge is 0.368 e. The van der Waals surface area contributed by atoms with E-state index in [0.717, 1.165) is 28.2 Å². The highest BCUT2D eigenvalue weighted by atomic mass is 32.2. The number of hydrogen-bond acceptors (Lipinski definition) is 8. The molecule has 0 unspecified atom stereocenters. The van der Waals surface area contributed by atoms with E-state index in [1.807, 2.05) is 24.3 Å². The lowest BCUT2D eigenvalue weighted by Crippen LogP contribution is -2.00. The molecule has 0 aliphatic carbocycles. The third-order valence-corrected chi connectivity index (χ3v) is 4.50. The normalized spacial score (nSPS) is 10.8. The van der Waals surface area contributed by atoms with Gasteiger partial charge < -0.3 is 5.73 Å². The molecule has 0 saturated carbocycles. The second-order valence-electron chi connectivity index (χ2n) is 3.73. The summed E-state index contributed by atoms with van der Waals surface area (Å²) >= 11 is 2.56. The van der Waals surface area contributed by atoms with Crippen LogP contribution in [0.5, 0.6) is 0 Å². The molecule has 7 nitrogen and oxygen atoms in total. The second kappa shape index (κ2) is 5.02. The molecule has 2 aromatic heterocycles. The molecular weight excluding hydrogens is 298 g/mol. The average Bonchev–Trinajstić information content (AvgIpc) is 2.80. The van der Waals surface area contributed by atoms with Gasteiger partial charge in [0.25, 0.3) is 0 Å². The van der Waals surface area contributed by atoms with E-state index in [4.69, 9.17) is 5.73 Å². The number of anilines is 1. The molecule has 20 heavy (non-hydrogen) atoms. The molecule has 3 rings (SSSR count). The first-order chi connectivity index (χ1) is 9.63. The Hall–Kier alpha value is -2.26. The summed E-state index contributed by atoms with van der Waals surface area (Å²) in [7, 11) is 0. The molecule has 0 radical (unpaired) electrons. The van der Waals surface area contributed by atoms with Gasteiger partial charge in [0.1, 0.15) is 6.20 Å². The number of nitrogen functional groups attached to an aromatic ring is 1. The summed E-state index contributed by atoms with van der Waals surface area (Å²) in [5.74, 6) is -0.000730. The van der Waals surface area contributed by atoms with E-state index < -0.39 is 4.92 Å². The molecule has 0 bridgehead atoms. The SMILES string of the molecule is Nc1ncc([N+](=O)[O-])c(Sc2nc3ccccc3s2)n1. The van der Waals surface area contributed by atoms with E-state index in [0.29, 0.717) is 4.34 Å². The van der Waals surface area contributed by atoms with Crippen molar-refractivity contribution in [3.05, 3.63) is 40.6 Å². The number of fused-ring (bicyclic) bond motifs is 1. The van der Waals surface area contributed by atoms with Crippen molar-refractivity contribution in [3.8, 4) is 0 Å². The molecule has 0 amide bonds. The van der Waals surface area contributed by atoms with Crippen LogP contribution in [0, 0.1) is 10.1 Å². The standard InChI is InChI=1S/C11H7N5O2S2/c12-10-13-5-7(16(17)18)9(15-10)20-11-14-6-3-1-2-4-8(6)19-11/h1-5H,(H2,12,13,15). The van der Waals surface area contributed by atoms with Crippen LogP contribution in [-0.4, -0.2) is 19.9 Å². The number of aromatic nitrogens is 3. The number of benzene rings is 1. The Morgan fingerprint density at radius 2 is 2.10 bits per heavy atom. The van der Waals surface area contributed by atoms with Gasteiger partial charge in [0, 0.05) is 0 Å². The Morgan fingerprint density at radius 1 is 1.30 bits per heavy atom. The van der Waals surface area contributed by atoms with Crippen LogP contribution in [0.1, 0.15) is 0 Å². The maximum atomic E-state index is 10.9. The van der Waals surface area contributed by atoms with Crippen LogP contribution in [0.4, 0.5) is 11.6 Å². The van der Waals surface area contributed by atoms with Gasteiger partial charge in [-0.15, -0.1) is 11.3 Å². The lowest BCUT2D eigenvalue weighted by molar-refractivity contribution is -0.388. The maximum absolute atomic E-state index is 10.9. The van der Waals surface area contributed by atoms with Gasteiger partial charge in [-0.05, 0) is 23.9 Å². The third-order valence-electron chi connectivity index (χ3n) is 2.41. The summed E-state index contributed by atoms with van der Waals surface area (Å²) in [5, 5.41) is 11.1.